The van der Waals surface area contributed by atoms with Crippen molar-refractivity contribution in [2.45, 2.75) is 38.5 Å². The second-order valence-electron chi connectivity index (χ2n) is 5.31. The Labute approximate surface area is 108 Å². The topological polar surface area (TPSA) is 52.3 Å². The molecule has 2 N–H and O–H groups in total. The fourth-order valence-electron chi connectivity index (χ4n) is 2.94. The maximum Gasteiger partial charge on any atom is 0.338 e. The fourth-order valence-corrected chi connectivity index (χ4v) is 2.94. The average Bonchev–Trinajstić information content (AvgIpc) is 2.30. The second-order valence-corrected chi connectivity index (χ2v) is 5.31. The van der Waals surface area contributed by atoms with Crippen molar-refractivity contribution in [3.8, 4) is 0 Å². The van der Waals surface area contributed by atoms with Crippen molar-refractivity contribution in [3.63, 3.8) is 0 Å². The van der Waals surface area contributed by atoms with Crippen molar-refractivity contribution in [2.24, 2.45) is 5.73 Å². The van der Waals surface area contributed by atoms with Crippen LogP contribution in [0.3, 0.4) is 0 Å². The van der Waals surface area contributed by atoms with Crippen LogP contribution in [0.25, 0.3) is 0 Å². The highest BCUT2D eigenvalue weighted by Crippen LogP contribution is 2.44. The summed E-state index contributed by atoms with van der Waals surface area (Å²) in [7, 11) is 1.42. The Morgan fingerprint density at radius 1 is 1.33 bits per heavy atom. The maximum absolute atomic E-state index is 11.8. The van der Waals surface area contributed by atoms with Gasteiger partial charge in [0.2, 0.25) is 0 Å². The van der Waals surface area contributed by atoms with Gasteiger partial charge in [0.05, 0.1) is 12.7 Å². The number of hydrogen-bond donors (Lipinski definition) is 1. The summed E-state index contributed by atoms with van der Waals surface area (Å²) < 4.78 is 4.84. The van der Waals surface area contributed by atoms with Gasteiger partial charge in [-0.1, -0.05) is 12.5 Å². The molecule has 0 radical (unpaired) electrons. The molecule has 1 saturated carbocycles. The van der Waals surface area contributed by atoms with Gasteiger partial charge in [-0.3, -0.25) is 0 Å². The molecule has 18 heavy (non-hydrogen) atoms. The summed E-state index contributed by atoms with van der Waals surface area (Å²) in [4.78, 5) is 11.8. The molecule has 0 heterocycles. The molecule has 0 aromatic heterocycles. The quantitative estimate of drug-likeness (QED) is 0.835. The highest BCUT2D eigenvalue weighted by atomic mass is 16.5. The van der Waals surface area contributed by atoms with Gasteiger partial charge in [0.15, 0.2) is 0 Å². The summed E-state index contributed by atoms with van der Waals surface area (Å²) in [5, 5.41) is 0. The first-order valence-corrected chi connectivity index (χ1v) is 6.44. The number of ether oxygens (including phenoxy) is 1. The lowest BCUT2D eigenvalue weighted by molar-refractivity contribution is 0.0599. The first kappa shape index (κ1) is 13.1. The second kappa shape index (κ2) is 4.73. The third kappa shape index (κ3) is 1.93. The third-order valence-corrected chi connectivity index (χ3v) is 4.25. The predicted molar refractivity (Wildman–Crippen MR) is 71.8 cm³/mol. The van der Waals surface area contributed by atoms with E-state index in [1.165, 1.54) is 24.7 Å². The zero-order chi connectivity index (χ0) is 13.3. The smallest absolute Gasteiger partial charge is 0.338 e. The normalized spacial score (nSPS) is 17.1. The zero-order valence-corrected chi connectivity index (χ0v) is 11.4. The number of aryl methyl sites for hydroxylation is 2. The lowest BCUT2D eigenvalue weighted by Gasteiger charge is -2.42. The molecule has 1 aliphatic rings. The van der Waals surface area contributed by atoms with Crippen LogP contribution in [0.2, 0.25) is 0 Å². The number of methoxy groups -OCH3 is 1. The molecular weight excluding hydrogens is 226 g/mol. The maximum atomic E-state index is 11.8. The molecule has 0 bridgehead atoms. The molecule has 1 aromatic rings. The fraction of sp³-hybridized carbons (Fsp3) is 0.533. The summed E-state index contributed by atoms with van der Waals surface area (Å²) in [5.41, 5.74) is 10.1. The SMILES string of the molecule is COC(=O)c1cc(C2(CN)CCC2)c(C)cc1C. The Bertz CT molecular complexity index is 470. The van der Waals surface area contributed by atoms with Crippen molar-refractivity contribution in [3.05, 3.63) is 34.4 Å². The molecule has 98 valence electrons. The van der Waals surface area contributed by atoms with Crippen LogP contribution in [0, 0.1) is 13.8 Å². The van der Waals surface area contributed by atoms with Gasteiger partial charge in [-0.25, -0.2) is 4.79 Å². The van der Waals surface area contributed by atoms with E-state index >= 15 is 0 Å². The van der Waals surface area contributed by atoms with E-state index in [-0.39, 0.29) is 11.4 Å². The van der Waals surface area contributed by atoms with Gasteiger partial charge in [0.1, 0.15) is 0 Å². The molecule has 0 unspecified atom stereocenters. The lowest BCUT2D eigenvalue weighted by Crippen LogP contribution is -2.42. The Hall–Kier alpha value is -1.35. The van der Waals surface area contributed by atoms with Gasteiger partial charge in [-0.15, -0.1) is 0 Å². The van der Waals surface area contributed by atoms with E-state index in [4.69, 9.17) is 10.5 Å². The molecule has 3 heteroatoms. The molecule has 0 spiro atoms. The van der Waals surface area contributed by atoms with Crippen molar-refractivity contribution in [1.82, 2.24) is 0 Å². The van der Waals surface area contributed by atoms with Crippen LogP contribution in [-0.4, -0.2) is 19.6 Å². The van der Waals surface area contributed by atoms with E-state index < -0.39 is 0 Å². The van der Waals surface area contributed by atoms with E-state index in [9.17, 15) is 4.79 Å². The van der Waals surface area contributed by atoms with Crippen LogP contribution in [0.5, 0.6) is 0 Å². The minimum Gasteiger partial charge on any atom is -0.465 e. The molecule has 2 rings (SSSR count). The molecule has 0 aliphatic heterocycles. The van der Waals surface area contributed by atoms with Crippen molar-refractivity contribution in [2.75, 3.05) is 13.7 Å². The van der Waals surface area contributed by atoms with Crippen LogP contribution < -0.4 is 5.73 Å². The summed E-state index contributed by atoms with van der Waals surface area (Å²) in [6, 6.07) is 4.06. The minimum absolute atomic E-state index is 0.0839. The van der Waals surface area contributed by atoms with E-state index in [0.29, 0.717) is 12.1 Å². The molecule has 0 saturated heterocycles. The minimum atomic E-state index is -0.264. The van der Waals surface area contributed by atoms with E-state index in [2.05, 4.69) is 13.0 Å². The first-order chi connectivity index (χ1) is 8.54. The molecule has 0 amide bonds. The number of benzene rings is 1. The Balaban J connectivity index is 2.51. The highest BCUT2D eigenvalue weighted by Gasteiger charge is 2.38. The van der Waals surface area contributed by atoms with Crippen LogP contribution in [0.15, 0.2) is 12.1 Å². The number of carbonyl (C=O) groups is 1. The van der Waals surface area contributed by atoms with E-state index in [1.54, 1.807) is 0 Å². The highest BCUT2D eigenvalue weighted by molar-refractivity contribution is 5.91. The summed E-state index contributed by atoms with van der Waals surface area (Å²) in [6.07, 6.45) is 3.46. The number of rotatable bonds is 3. The molecule has 0 atom stereocenters. The third-order valence-electron chi connectivity index (χ3n) is 4.25. The number of nitrogens with two attached hydrogens (primary N) is 1. The van der Waals surface area contributed by atoms with Gasteiger partial charge in [0, 0.05) is 12.0 Å². The van der Waals surface area contributed by atoms with Crippen LogP contribution in [-0.2, 0) is 10.2 Å². The Morgan fingerprint density at radius 3 is 2.44 bits per heavy atom. The standard InChI is InChI=1S/C15H21NO2/c1-10-7-11(2)13(8-12(10)14(17)18-3)15(9-16)5-4-6-15/h7-8H,4-6,9,16H2,1-3H3. The number of hydrogen-bond acceptors (Lipinski definition) is 3. The first-order valence-electron chi connectivity index (χ1n) is 6.44. The zero-order valence-electron chi connectivity index (χ0n) is 11.4. The van der Waals surface area contributed by atoms with E-state index in [1.807, 2.05) is 13.0 Å². The van der Waals surface area contributed by atoms with Gasteiger partial charge in [-0.2, -0.15) is 0 Å². The largest absolute Gasteiger partial charge is 0.465 e. The summed E-state index contributed by atoms with van der Waals surface area (Å²) in [6.45, 7) is 4.69. The van der Waals surface area contributed by atoms with E-state index in [0.717, 1.165) is 18.4 Å². The molecule has 1 fully saturated rings. The van der Waals surface area contributed by atoms with Gasteiger partial charge < -0.3 is 10.5 Å². The van der Waals surface area contributed by atoms with Crippen molar-refractivity contribution >= 4 is 5.97 Å². The van der Waals surface area contributed by atoms with Crippen molar-refractivity contribution < 1.29 is 9.53 Å². The number of esters is 1. The average molecular weight is 247 g/mol. The lowest BCUT2D eigenvalue weighted by atomic mass is 9.63. The number of carbonyl (C=O) groups excluding carboxylic acids is 1. The Kier molecular flexibility index (Phi) is 3.44. The van der Waals surface area contributed by atoms with Crippen LogP contribution in [0.1, 0.15) is 46.3 Å². The van der Waals surface area contributed by atoms with Gasteiger partial charge in [0.25, 0.3) is 0 Å². The van der Waals surface area contributed by atoms with Gasteiger partial charge in [-0.05, 0) is 49.4 Å². The summed E-state index contributed by atoms with van der Waals surface area (Å²) >= 11 is 0. The molecule has 3 nitrogen and oxygen atoms in total. The monoisotopic (exact) mass is 247 g/mol. The van der Waals surface area contributed by atoms with Crippen molar-refractivity contribution in [1.29, 1.82) is 0 Å². The molecular formula is C15H21NO2. The molecule has 1 aliphatic carbocycles. The van der Waals surface area contributed by atoms with Crippen LogP contribution >= 0.6 is 0 Å². The summed E-state index contributed by atoms with van der Waals surface area (Å²) in [5.74, 6) is -0.264. The predicted octanol–water partition coefficient (Wildman–Crippen LogP) is 2.47. The van der Waals surface area contributed by atoms with Gasteiger partial charge >= 0.3 is 5.97 Å². The van der Waals surface area contributed by atoms with Crippen LogP contribution in [0.4, 0.5) is 0 Å². The Morgan fingerprint density at radius 2 is 2.00 bits per heavy atom. The molecule has 1 aromatic carbocycles.